The van der Waals surface area contributed by atoms with Gasteiger partial charge >= 0.3 is 6.03 Å². The third kappa shape index (κ3) is 1.52. The molecule has 0 aliphatic heterocycles. The number of amides is 2. The second kappa shape index (κ2) is 3.22. The zero-order chi connectivity index (χ0) is 11.2. The molecule has 2 aliphatic carbocycles. The highest BCUT2D eigenvalue weighted by molar-refractivity contribution is 5.92. The lowest BCUT2D eigenvalue weighted by molar-refractivity contribution is 0.249. The Labute approximate surface area is 90.3 Å². The van der Waals surface area contributed by atoms with E-state index >= 15 is 0 Å². The van der Waals surface area contributed by atoms with Crippen molar-refractivity contribution in [2.45, 2.75) is 33.6 Å². The van der Waals surface area contributed by atoms with E-state index in [9.17, 15) is 4.79 Å². The first-order valence-corrected chi connectivity index (χ1v) is 5.59. The van der Waals surface area contributed by atoms with Gasteiger partial charge in [-0.15, -0.1) is 0 Å². The van der Waals surface area contributed by atoms with Crippen molar-refractivity contribution >= 4 is 11.7 Å². The molecular formula is C11H19N3O. The fourth-order valence-corrected chi connectivity index (χ4v) is 3.10. The van der Waals surface area contributed by atoms with Crippen LogP contribution in [0, 0.1) is 23.2 Å². The Kier molecular flexibility index (Phi) is 2.24. The van der Waals surface area contributed by atoms with Crippen molar-refractivity contribution in [3.63, 3.8) is 0 Å². The molecule has 0 aromatic heterocycles. The Morgan fingerprint density at radius 1 is 1.67 bits per heavy atom. The van der Waals surface area contributed by atoms with Gasteiger partial charge < -0.3 is 5.73 Å². The van der Waals surface area contributed by atoms with Crippen LogP contribution in [0.5, 0.6) is 0 Å². The number of urea groups is 1. The quantitative estimate of drug-likeness (QED) is 0.668. The molecule has 4 heteroatoms. The first-order chi connectivity index (χ1) is 6.97. The van der Waals surface area contributed by atoms with Crippen LogP contribution in [0.1, 0.15) is 33.6 Å². The van der Waals surface area contributed by atoms with Gasteiger partial charge in [0.2, 0.25) is 0 Å². The number of nitrogens with one attached hydrogen (secondary N) is 1. The van der Waals surface area contributed by atoms with Crippen LogP contribution in [0.15, 0.2) is 5.10 Å². The second-order valence-electron chi connectivity index (χ2n) is 5.24. The number of hydrazone groups is 1. The monoisotopic (exact) mass is 209 g/mol. The predicted octanol–water partition coefficient (Wildman–Crippen LogP) is 1.71. The van der Waals surface area contributed by atoms with Crippen LogP contribution in [0.25, 0.3) is 0 Å². The zero-order valence-corrected chi connectivity index (χ0v) is 9.58. The zero-order valence-electron chi connectivity index (χ0n) is 9.58. The minimum absolute atomic E-state index is 0.470. The highest BCUT2D eigenvalue weighted by atomic mass is 16.2. The number of nitrogens with two attached hydrogens (primary N) is 1. The Balaban J connectivity index is 2.07. The maximum Gasteiger partial charge on any atom is 0.332 e. The maximum absolute atomic E-state index is 10.6. The van der Waals surface area contributed by atoms with Crippen LogP contribution in [0.4, 0.5) is 4.79 Å². The second-order valence-corrected chi connectivity index (χ2v) is 5.24. The fourth-order valence-electron chi connectivity index (χ4n) is 3.10. The molecule has 2 amide bonds. The van der Waals surface area contributed by atoms with Gasteiger partial charge in [-0.2, -0.15) is 5.10 Å². The summed E-state index contributed by atoms with van der Waals surface area (Å²) in [6, 6.07) is -0.575. The summed E-state index contributed by atoms with van der Waals surface area (Å²) in [7, 11) is 0. The van der Waals surface area contributed by atoms with Crippen molar-refractivity contribution in [2.75, 3.05) is 0 Å². The first kappa shape index (κ1) is 10.5. The minimum Gasteiger partial charge on any atom is -0.350 e. The van der Waals surface area contributed by atoms with Crippen molar-refractivity contribution < 1.29 is 4.79 Å². The molecule has 3 atom stereocenters. The van der Waals surface area contributed by atoms with Gasteiger partial charge in [-0.05, 0) is 36.0 Å². The van der Waals surface area contributed by atoms with Gasteiger partial charge in [-0.3, -0.25) is 0 Å². The van der Waals surface area contributed by atoms with Crippen LogP contribution in [-0.4, -0.2) is 11.7 Å². The van der Waals surface area contributed by atoms with E-state index in [1.165, 1.54) is 6.42 Å². The van der Waals surface area contributed by atoms with E-state index in [0.29, 0.717) is 17.3 Å². The average Bonchev–Trinajstić information content (AvgIpc) is 2.81. The molecule has 0 spiro atoms. The van der Waals surface area contributed by atoms with E-state index in [0.717, 1.165) is 18.1 Å². The number of fused-ring (bicyclic) bond motifs is 1. The summed E-state index contributed by atoms with van der Waals surface area (Å²) < 4.78 is 0. The highest BCUT2D eigenvalue weighted by Gasteiger charge is 2.63. The summed E-state index contributed by atoms with van der Waals surface area (Å²) in [5.74, 6) is 1.97. The number of carbonyl (C=O) groups is 1. The van der Waals surface area contributed by atoms with Gasteiger partial charge in [-0.1, -0.05) is 20.8 Å². The Morgan fingerprint density at radius 3 is 2.80 bits per heavy atom. The molecule has 2 rings (SSSR count). The number of hydrogen-bond donors (Lipinski definition) is 2. The highest BCUT2D eigenvalue weighted by Crippen LogP contribution is 2.68. The van der Waals surface area contributed by atoms with E-state index in [1.54, 1.807) is 0 Å². The third-order valence-electron chi connectivity index (χ3n) is 4.28. The van der Waals surface area contributed by atoms with Crippen LogP contribution >= 0.6 is 0 Å². The van der Waals surface area contributed by atoms with Crippen LogP contribution in [0.3, 0.4) is 0 Å². The Morgan fingerprint density at radius 2 is 2.33 bits per heavy atom. The number of rotatable bonds is 2. The van der Waals surface area contributed by atoms with Crippen molar-refractivity contribution in [1.29, 1.82) is 0 Å². The molecule has 2 aliphatic rings. The van der Waals surface area contributed by atoms with Crippen molar-refractivity contribution in [3.05, 3.63) is 0 Å². The summed E-state index contributed by atoms with van der Waals surface area (Å²) in [5, 5.41) is 4.10. The topological polar surface area (TPSA) is 67.5 Å². The molecule has 0 unspecified atom stereocenters. The lowest BCUT2D eigenvalue weighted by atomic mass is 9.90. The predicted molar refractivity (Wildman–Crippen MR) is 59.3 cm³/mol. The van der Waals surface area contributed by atoms with E-state index in [-0.39, 0.29) is 0 Å². The number of primary amides is 1. The summed E-state index contributed by atoms with van der Waals surface area (Å²) in [5.41, 5.74) is 8.92. The molecule has 0 saturated heterocycles. The normalized spacial score (nSPS) is 40.7. The fraction of sp³-hybridized carbons (Fsp3) is 0.818. The summed E-state index contributed by atoms with van der Waals surface area (Å²) in [4.78, 5) is 10.6. The first-order valence-electron chi connectivity index (χ1n) is 5.59. The Bertz CT molecular complexity index is 324. The molecule has 15 heavy (non-hydrogen) atoms. The lowest BCUT2D eigenvalue weighted by Crippen LogP contribution is -2.27. The molecule has 2 saturated carbocycles. The molecule has 0 radical (unpaired) electrons. The van der Waals surface area contributed by atoms with E-state index in [2.05, 4.69) is 31.3 Å². The van der Waals surface area contributed by atoms with E-state index in [4.69, 9.17) is 5.73 Å². The van der Waals surface area contributed by atoms with Crippen molar-refractivity contribution in [2.24, 2.45) is 34.0 Å². The van der Waals surface area contributed by atoms with Gasteiger partial charge in [0.15, 0.2) is 0 Å². The standard InChI is InChI=1S/C11H19N3O/c1-6(2)11-4-8(11)7(3)9(5-11)13-14-10(12)15/h6-8H,4-5H2,1-3H3,(H3,12,14,15)/b13-9-/t7-,8-,11+/m1/s1. The molecule has 0 heterocycles. The molecule has 2 fully saturated rings. The molecule has 84 valence electrons. The van der Waals surface area contributed by atoms with Gasteiger partial charge in [0.1, 0.15) is 0 Å². The average molecular weight is 209 g/mol. The van der Waals surface area contributed by atoms with E-state index < -0.39 is 6.03 Å². The van der Waals surface area contributed by atoms with Crippen LogP contribution < -0.4 is 11.2 Å². The molecule has 0 aromatic carbocycles. The molecular weight excluding hydrogens is 190 g/mol. The SMILES string of the molecule is CC(C)[C@]12C/C(=N/NC(N)=O)[C@H](C)[C@H]1C2. The summed E-state index contributed by atoms with van der Waals surface area (Å²) in [6.45, 7) is 6.75. The van der Waals surface area contributed by atoms with Gasteiger partial charge in [-0.25, -0.2) is 10.2 Å². The van der Waals surface area contributed by atoms with Crippen LogP contribution in [0.2, 0.25) is 0 Å². The molecule has 0 bridgehead atoms. The maximum atomic E-state index is 10.6. The lowest BCUT2D eigenvalue weighted by Gasteiger charge is -2.15. The van der Waals surface area contributed by atoms with Crippen LogP contribution in [-0.2, 0) is 0 Å². The van der Waals surface area contributed by atoms with E-state index in [1.807, 2.05) is 0 Å². The minimum atomic E-state index is -0.575. The number of hydrogen-bond acceptors (Lipinski definition) is 2. The third-order valence-corrected chi connectivity index (χ3v) is 4.28. The summed E-state index contributed by atoms with van der Waals surface area (Å²) in [6.07, 6.45) is 2.35. The van der Waals surface area contributed by atoms with Gasteiger partial charge in [0.05, 0.1) is 0 Å². The summed E-state index contributed by atoms with van der Waals surface area (Å²) >= 11 is 0. The number of nitrogens with zero attached hydrogens (tertiary/aromatic N) is 1. The van der Waals surface area contributed by atoms with Crippen molar-refractivity contribution in [3.8, 4) is 0 Å². The van der Waals surface area contributed by atoms with Crippen molar-refractivity contribution in [1.82, 2.24) is 5.43 Å². The Hall–Kier alpha value is -1.06. The number of carbonyl (C=O) groups excluding carboxylic acids is 1. The van der Waals surface area contributed by atoms with Gasteiger partial charge in [0, 0.05) is 5.71 Å². The molecule has 4 nitrogen and oxygen atoms in total. The largest absolute Gasteiger partial charge is 0.350 e. The van der Waals surface area contributed by atoms with Gasteiger partial charge in [0.25, 0.3) is 0 Å². The molecule has 0 aromatic rings. The smallest absolute Gasteiger partial charge is 0.332 e. The molecule has 3 N–H and O–H groups in total.